The van der Waals surface area contributed by atoms with Gasteiger partial charge in [0.25, 0.3) is 0 Å². The quantitative estimate of drug-likeness (QED) is 0.452. The van der Waals surface area contributed by atoms with Gasteiger partial charge in [-0.05, 0) is 0 Å². The fourth-order valence-corrected chi connectivity index (χ4v) is 0.118. The molecule has 0 aliphatic carbocycles. The van der Waals surface area contributed by atoms with Crippen molar-refractivity contribution in [2.24, 2.45) is 0 Å². The maximum Gasteiger partial charge on any atom is 0.0623 e. The van der Waals surface area contributed by atoms with Gasteiger partial charge in [-0.25, -0.2) is 0 Å². The molecule has 0 atom stereocenters. The first-order chi connectivity index (χ1) is 3.12. The number of hydrogen-bond acceptors (Lipinski definition) is 0. The first kappa shape index (κ1) is 7.13. The van der Waals surface area contributed by atoms with Crippen molar-refractivity contribution in [3.63, 3.8) is 0 Å². The van der Waals surface area contributed by atoms with Gasteiger partial charge in [0.05, 0.1) is 7.17 Å². The molecule has 0 bridgehead atoms. The van der Waals surface area contributed by atoms with Crippen LogP contribution in [0.3, 0.4) is 0 Å². The lowest BCUT2D eigenvalue weighted by Gasteiger charge is -2.18. The van der Waals surface area contributed by atoms with Crippen molar-refractivity contribution in [1.82, 2.24) is 0 Å². The zero-order valence-corrected chi connectivity index (χ0v) is 5.36. The van der Waals surface area contributed by atoms with Gasteiger partial charge in [0, 0.05) is 7.74 Å². The minimum atomic E-state index is 0.236. The molecule has 7 heavy (non-hydrogen) atoms. The summed E-state index contributed by atoms with van der Waals surface area (Å²) in [5, 5.41) is 0.236. The molecule has 0 nitrogen and oxygen atoms in total. The lowest BCUT2D eigenvalue weighted by Crippen LogP contribution is -2.10. The molecule has 0 fully saturated rings. The number of rotatable bonds is 2. The van der Waals surface area contributed by atoms with Crippen LogP contribution >= 0.6 is 0 Å². The highest BCUT2D eigenvalue weighted by Crippen LogP contribution is 2.24. The van der Waals surface area contributed by atoms with Crippen LogP contribution in [0.2, 0.25) is 5.31 Å². The van der Waals surface area contributed by atoms with Crippen LogP contribution in [0.1, 0.15) is 27.2 Å². The Labute approximate surface area is 48.3 Å². The van der Waals surface area contributed by atoms with Gasteiger partial charge in [-0.2, -0.15) is 0 Å². The maximum atomic E-state index is 5.29. The Hall–Kier alpha value is 0.130. The molecule has 0 aromatic carbocycles. The van der Waals surface area contributed by atoms with E-state index in [1.54, 1.807) is 7.17 Å². The zero-order chi connectivity index (χ0) is 5.91. The molecule has 0 heterocycles. The third-order valence-corrected chi connectivity index (χ3v) is 1.36. The first-order valence-corrected chi connectivity index (χ1v) is 2.68. The van der Waals surface area contributed by atoms with E-state index in [2.05, 4.69) is 20.8 Å². The Morgan fingerprint density at radius 2 is 2.00 bits per heavy atom. The average molecular weight is 92.8 g/mol. The molecule has 0 unspecified atom stereocenters. The molecule has 3 radical (unpaired) electrons. The van der Waals surface area contributed by atoms with Crippen LogP contribution in [0.25, 0.3) is 0 Å². The Morgan fingerprint density at radius 3 is 2.00 bits per heavy atom. The summed E-state index contributed by atoms with van der Waals surface area (Å²) >= 11 is 0. The van der Waals surface area contributed by atoms with Gasteiger partial charge in [0.1, 0.15) is 0 Å². The van der Waals surface area contributed by atoms with E-state index in [9.17, 15) is 0 Å². The molecule has 2 heteroatoms. The minimum Gasteiger partial charge on any atom is -0.0727 e. The van der Waals surface area contributed by atoms with Gasteiger partial charge < -0.3 is 0 Å². The van der Waals surface area contributed by atoms with Gasteiger partial charge in [-0.15, -0.1) is 0 Å². The summed E-state index contributed by atoms with van der Waals surface area (Å²) in [7, 11) is 7.03. The van der Waals surface area contributed by atoms with Crippen molar-refractivity contribution >= 4 is 14.9 Å². The smallest absolute Gasteiger partial charge is 0.0623 e. The van der Waals surface area contributed by atoms with Crippen LogP contribution in [0, 0.1) is 0 Å². The first-order valence-electron chi connectivity index (χ1n) is 2.68. The molecule has 37 valence electrons. The van der Waals surface area contributed by atoms with E-state index >= 15 is 0 Å². The standard InChI is InChI=1S/C5H11B2/c1-4-5(2,3)7-6/h4H2,1-3H3. The van der Waals surface area contributed by atoms with Gasteiger partial charge in [0.15, 0.2) is 0 Å². The molecular weight excluding hydrogens is 81.7 g/mol. The highest BCUT2D eigenvalue weighted by molar-refractivity contribution is 6.91. The summed E-state index contributed by atoms with van der Waals surface area (Å²) in [5.41, 5.74) is 0. The summed E-state index contributed by atoms with van der Waals surface area (Å²) in [6.07, 6.45) is 1.11. The van der Waals surface area contributed by atoms with Crippen molar-refractivity contribution in [2.45, 2.75) is 32.5 Å². The molecule has 0 spiro atoms. The Balaban J connectivity index is 3.36. The molecule has 0 saturated heterocycles. The van der Waals surface area contributed by atoms with Crippen molar-refractivity contribution < 1.29 is 0 Å². The van der Waals surface area contributed by atoms with Crippen molar-refractivity contribution in [2.75, 3.05) is 0 Å². The lowest BCUT2D eigenvalue weighted by molar-refractivity contribution is 0.651. The molecule has 0 amide bonds. The molecule has 0 aromatic heterocycles. The third-order valence-electron chi connectivity index (χ3n) is 1.36. The normalized spacial score (nSPS) is 11.3. The van der Waals surface area contributed by atoms with E-state index in [0.717, 1.165) is 6.42 Å². The fraction of sp³-hybridized carbons (Fsp3) is 1.00. The van der Waals surface area contributed by atoms with E-state index < -0.39 is 0 Å². The van der Waals surface area contributed by atoms with E-state index in [-0.39, 0.29) is 5.31 Å². The van der Waals surface area contributed by atoms with Gasteiger partial charge in [0.2, 0.25) is 0 Å². The van der Waals surface area contributed by atoms with Crippen molar-refractivity contribution in [1.29, 1.82) is 0 Å². The Morgan fingerprint density at radius 1 is 1.57 bits per heavy atom. The average Bonchev–Trinajstić information content (AvgIpc) is 1.68. The molecule has 0 aliphatic heterocycles. The predicted molar refractivity (Wildman–Crippen MR) is 35.8 cm³/mol. The number of hydrogen-bond donors (Lipinski definition) is 0. The highest BCUT2D eigenvalue weighted by Gasteiger charge is 2.09. The zero-order valence-electron chi connectivity index (χ0n) is 5.36. The van der Waals surface area contributed by atoms with E-state index in [1.807, 2.05) is 0 Å². The second-order valence-corrected chi connectivity index (χ2v) is 2.51. The van der Waals surface area contributed by atoms with Crippen LogP contribution < -0.4 is 0 Å². The highest BCUT2D eigenvalue weighted by atomic mass is 14.0. The summed E-state index contributed by atoms with van der Waals surface area (Å²) in [6.45, 7) is 6.36. The van der Waals surface area contributed by atoms with Gasteiger partial charge in [-0.1, -0.05) is 32.5 Å². The van der Waals surface area contributed by atoms with Crippen molar-refractivity contribution in [3.05, 3.63) is 0 Å². The van der Waals surface area contributed by atoms with Crippen LogP contribution in [-0.4, -0.2) is 14.9 Å². The molecule has 0 saturated carbocycles. The summed E-state index contributed by atoms with van der Waals surface area (Å²) in [5.74, 6) is 0. The van der Waals surface area contributed by atoms with Crippen LogP contribution in [0.15, 0.2) is 0 Å². The minimum absolute atomic E-state index is 0.236. The predicted octanol–water partition coefficient (Wildman–Crippen LogP) is 1.38. The summed E-state index contributed by atoms with van der Waals surface area (Å²) < 4.78 is 0. The van der Waals surface area contributed by atoms with Crippen LogP contribution in [0.4, 0.5) is 0 Å². The van der Waals surface area contributed by atoms with Crippen molar-refractivity contribution in [3.8, 4) is 0 Å². The maximum absolute atomic E-state index is 5.29. The molecular formula is C5H11B2. The summed E-state index contributed by atoms with van der Waals surface area (Å²) in [4.78, 5) is 0. The Kier molecular flexibility index (Phi) is 2.49. The molecule has 0 aliphatic rings. The van der Waals surface area contributed by atoms with Gasteiger partial charge >= 0.3 is 0 Å². The SMILES string of the molecule is [B][B]C(C)(C)CC. The molecule has 0 rings (SSSR count). The fourth-order valence-electron chi connectivity index (χ4n) is 0.118. The molecule has 0 aromatic rings. The van der Waals surface area contributed by atoms with E-state index in [1.165, 1.54) is 0 Å². The van der Waals surface area contributed by atoms with E-state index in [0.29, 0.717) is 0 Å². The second-order valence-electron chi connectivity index (χ2n) is 2.51. The second kappa shape index (κ2) is 2.44. The summed E-state index contributed by atoms with van der Waals surface area (Å²) in [6, 6.07) is 0. The Bertz CT molecular complexity index is 44.0. The van der Waals surface area contributed by atoms with Crippen LogP contribution in [-0.2, 0) is 0 Å². The lowest BCUT2D eigenvalue weighted by atomic mass is 9.40. The van der Waals surface area contributed by atoms with Crippen LogP contribution in [0.5, 0.6) is 0 Å². The van der Waals surface area contributed by atoms with E-state index in [4.69, 9.17) is 7.74 Å². The monoisotopic (exact) mass is 93.1 g/mol. The third kappa shape index (κ3) is 2.78. The topological polar surface area (TPSA) is 0 Å². The van der Waals surface area contributed by atoms with Gasteiger partial charge in [-0.3, -0.25) is 0 Å². The molecule has 0 N–H and O–H groups in total. The largest absolute Gasteiger partial charge is 0.0727 e.